The van der Waals surface area contributed by atoms with Gasteiger partial charge in [0, 0.05) is 32.0 Å². The molecule has 6 fully saturated rings. The van der Waals surface area contributed by atoms with Crippen LogP contribution < -0.4 is 15.4 Å². The van der Waals surface area contributed by atoms with Gasteiger partial charge in [-0.1, -0.05) is 75.6 Å². The first-order valence-electron chi connectivity index (χ1n) is 19.2. The third kappa shape index (κ3) is 8.03. The van der Waals surface area contributed by atoms with Crippen molar-refractivity contribution in [1.82, 2.24) is 25.2 Å². The summed E-state index contributed by atoms with van der Waals surface area (Å²) in [4.78, 5) is 72.8. The number of benzene rings is 1. The minimum absolute atomic E-state index is 0.0273. The molecule has 0 spiro atoms. The molecule has 3 saturated carbocycles. The molecule has 3 saturated heterocycles. The number of hydrogen-bond donors (Lipinski definition) is 3. The number of sulfonamides is 1. The van der Waals surface area contributed by atoms with E-state index in [-0.39, 0.29) is 44.2 Å². The number of fused-ring (bicyclic) bond motifs is 5. The van der Waals surface area contributed by atoms with Gasteiger partial charge >= 0.3 is 12.2 Å². The first-order valence-corrected chi connectivity index (χ1v) is 20.8. The molecule has 0 aromatic heterocycles. The summed E-state index contributed by atoms with van der Waals surface area (Å²) in [6.45, 7) is 0.368. The molecule has 4 bridgehead atoms. The van der Waals surface area contributed by atoms with Crippen LogP contribution in [0, 0.1) is 5.92 Å². The molecule has 14 nitrogen and oxygen atoms in total. The van der Waals surface area contributed by atoms with Crippen LogP contribution in [-0.2, 0) is 46.8 Å². The van der Waals surface area contributed by atoms with E-state index in [9.17, 15) is 32.4 Å². The number of rotatable bonds is 1. The van der Waals surface area contributed by atoms with Gasteiger partial charge in [-0.05, 0) is 55.6 Å². The second-order valence-electron chi connectivity index (χ2n) is 15.6. The zero-order valence-electron chi connectivity index (χ0n) is 29.7. The van der Waals surface area contributed by atoms with E-state index in [1.165, 1.54) is 24.2 Å². The molecule has 3 aliphatic carbocycles. The smallest absolute Gasteiger partial charge is 0.410 e. The average Bonchev–Trinajstić information content (AvgIpc) is 4.05. The Morgan fingerprint density at radius 1 is 0.846 bits per heavy atom. The van der Waals surface area contributed by atoms with E-state index < -0.39 is 75.4 Å². The van der Waals surface area contributed by atoms with Crippen LogP contribution in [-0.4, -0.2) is 96.3 Å². The van der Waals surface area contributed by atoms with Crippen molar-refractivity contribution >= 4 is 39.9 Å². The lowest BCUT2D eigenvalue weighted by Gasteiger charge is -2.37. The molecule has 7 atom stereocenters. The third-order valence-electron chi connectivity index (χ3n) is 11.6. The lowest BCUT2D eigenvalue weighted by molar-refractivity contribution is -0.153. The van der Waals surface area contributed by atoms with Crippen LogP contribution in [0.25, 0.3) is 0 Å². The number of amides is 5. The lowest BCUT2D eigenvalue weighted by Crippen LogP contribution is -2.68. The molecule has 7 aliphatic rings. The molecule has 8 rings (SSSR count). The maximum absolute atomic E-state index is 14.6. The van der Waals surface area contributed by atoms with E-state index in [1.54, 1.807) is 0 Å². The molecule has 4 heterocycles. The third-order valence-corrected chi connectivity index (χ3v) is 13.4. The summed E-state index contributed by atoms with van der Waals surface area (Å²) in [7, 11) is -4.35. The summed E-state index contributed by atoms with van der Waals surface area (Å²) in [6.07, 6.45) is 7.90. The molecule has 1 aromatic carbocycles. The van der Waals surface area contributed by atoms with Crippen LogP contribution in [0.2, 0.25) is 0 Å². The van der Waals surface area contributed by atoms with Crippen molar-refractivity contribution in [3.05, 3.63) is 35.4 Å². The second-order valence-corrected chi connectivity index (χ2v) is 17.5. The largest absolute Gasteiger partial charge is 0.446 e. The highest BCUT2D eigenvalue weighted by atomic mass is 32.2. The molecule has 15 heteroatoms. The Bertz CT molecular complexity index is 1670. The van der Waals surface area contributed by atoms with Gasteiger partial charge in [-0.3, -0.25) is 19.1 Å². The molecule has 52 heavy (non-hydrogen) atoms. The molecule has 284 valence electrons. The van der Waals surface area contributed by atoms with Crippen molar-refractivity contribution < 1.29 is 41.9 Å². The Hall–Kier alpha value is -3.88. The van der Waals surface area contributed by atoms with Gasteiger partial charge in [-0.25, -0.2) is 18.0 Å². The molecule has 7 unspecified atom stereocenters. The van der Waals surface area contributed by atoms with Crippen molar-refractivity contribution in [3.63, 3.8) is 0 Å². The predicted molar refractivity (Wildman–Crippen MR) is 188 cm³/mol. The van der Waals surface area contributed by atoms with Crippen molar-refractivity contribution in [2.45, 2.75) is 144 Å². The number of alkyl carbamates (subject to hydrolysis) is 1. The molecule has 1 aromatic rings. The molecular weight excluding hydrogens is 691 g/mol. The van der Waals surface area contributed by atoms with Crippen LogP contribution in [0.4, 0.5) is 9.59 Å². The van der Waals surface area contributed by atoms with Crippen LogP contribution in [0.5, 0.6) is 0 Å². The fraction of sp³-hybridized carbons (Fsp3) is 0.703. The zero-order valence-corrected chi connectivity index (χ0v) is 30.5. The second kappa shape index (κ2) is 15.2. The number of carbonyl (C=O) groups is 5. The highest BCUT2D eigenvalue weighted by molar-refractivity contribution is 7.90. The molecule has 4 aliphatic heterocycles. The van der Waals surface area contributed by atoms with Crippen molar-refractivity contribution in [2.75, 3.05) is 13.1 Å². The summed E-state index contributed by atoms with van der Waals surface area (Å²) in [5, 5.41) is 4.59. The van der Waals surface area contributed by atoms with Crippen LogP contribution >= 0.6 is 0 Å². The monoisotopic (exact) mass is 741 g/mol. The summed E-state index contributed by atoms with van der Waals surface area (Å²) in [5.41, 5.74) is -0.238. The summed E-state index contributed by atoms with van der Waals surface area (Å²) in [6, 6.07) is 6.40. The molecule has 3 N–H and O–H groups in total. The first-order chi connectivity index (χ1) is 25.0. The van der Waals surface area contributed by atoms with Crippen molar-refractivity contribution in [2.24, 2.45) is 5.92 Å². The fourth-order valence-corrected chi connectivity index (χ4v) is 9.81. The van der Waals surface area contributed by atoms with E-state index in [4.69, 9.17) is 9.47 Å². The van der Waals surface area contributed by atoms with Crippen molar-refractivity contribution in [3.8, 4) is 0 Å². The van der Waals surface area contributed by atoms with E-state index >= 15 is 0 Å². The van der Waals surface area contributed by atoms with Crippen LogP contribution in [0.1, 0.15) is 107 Å². The Morgan fingerprint density at radius 2 is 1.56 bits per heavy atom. The minimum atomic E-state index is -4.35. The minimum Gasteiger partial charge on any atom is -0.446 e. The van der Waals surface area contributed by atoms with Gasteiger partial charge in [0.2, 0.25) is 21.5 Å². The van der Waals surface area contributed by atoms with Gasteiger partial charge in [0.1, 0.15) is 18.2 Å². The normalized spacial score (nSPS) is 34.2. The number of hydrogen-bond acceptors (Lipinski definition) is 9. The lowest BCUT2D eigenvalue weighted by atomic mass is 9.92. The number of ether oxygens (including phenoxy) is 2. The van der Waals surface area contributed by atoms with Crippen LogP contribution in [0.3, 0.4) is 0 Å². The first kappa shape index (κ1) is 36.5. The number of nitrogens with zero attached hydrogens (tertiary/aromatic N) is 2. The predicted octanol–water partition coefficient (Wildman–Crippen LogP) is 3.42. The van der Waals surface area contributed by atoms with Gasteiger partial charge < -0.3 is 29.9 Å². The highest BCUT2D eigenvalue weighted by Gasteiger charge is 2.62. The van der Waals surface area contributed by atoms with E-state index in [0.717, 1.165) is 48.1 Å². The van der Waals surface area contributed by atoms with Gasteiger partial charge in [-0.15, -0.1) is 0 Å². The van der Waals surface area contributed by atoms with Crippen LogP contribution in [0.15, 0.2) is 24.3 Å². The quantitative estimate of drug-likeness (QED) is 0.364. The topological polar surface area (TPSA) is 181 Å². The zero-order chi connectivity index (χ0) is 36.5. The van der Waals surface area contributed by atoms with E-state index in [0.29, 0.717) is 32.4 Å². The number of nitrogens with one attached hydrogen (secondary N) is 3. The Labute approximate surface area is 305 Å². The fourth-order valence-electron chi connectivity index (χ4n) is 8.30. The standard InChI is InChI=1S/C34H45N5O9S.C3H6/c40-29-27-11-5-3-1-2-4-9-22-16-28(22)35-30(41)34(31(42)37-49(45,46)26-13-12-24(17-26)47-32(43)36-27)18-25(20-39(29)34)48-33(44)38-15-14-21-8-6-7-10-23(21)19-38;1-2-3-1/h6-8,10,22,24-28H,1-5,9,11-20H2,(H,35,41)(H,36,43)(H,37,42);1-3H2. The Morgan fingerprint density at radius 3 is 2.33 bits per heavy atom. The van der Waals surface area contributed by atoms with E-state index in [1.807, 2.05) is 24.3 Å². The Balaban J connectivity index is 0.00000133. The van der Waals surface area contributed by atoms with Gasteiger partial charge in [-0.2, -0.15) is 0 Å². The highest BCUT2D eigenvalue weighted by Crippen LogP contribution is 2.40. The maximum atomic E-state index is 14.6. The summed E-state index contributed by atoms with van der Waals surface area (Å²) >= 11 is 0. The molecule has 5 amide bonds. The maximum Gasteiger partial charge on any atom is 0.410 e. The Kier molecular flexibility index (Phi) is 10.7. The SMILES string of the molecule is C1CC1.O=C1NC2CCCCCCCC3CC3NC(=O)C3(CC(OC(=O)N4CCc5ccccc5C4)CN3C2=O)C(=O)NS(=O)(=O)C2CCC(C2)O1. The average molecular weight is 742 g/mol. The van der Waals surface area contributed by atoms with Crippen molar-refractivity contribution in [1.29, 1.82) is 0 Å². The van der Waals surface area contributed by atoms with E-state index in [2.05, 4.69) is 15.4 Å². The van der Waals surface area contributed by atoms with Gasteiger partial charge in [0.25, 0.3) is 11.8 Å². The summed E-state index contributed by atoms with van der Waals surface area (Å²) < 4.78 is 40.9. The number of carbonyl (C=O) groups excluding carboxylic acids is 5. The van der Waals surface area contributed by atoms with Gasteiger partial charge in [0.05, 0.1) is 11.8 Å². The summed E-state index contributed by atoms with van der Waals surface area (Å²) in [5.74, 6) is -2.51. The molecular formula is C37H51N5O9S. The molecule has 0 radical (unpaired) electrons. The van der Waals surface area contributed by atoms with Gasteiger partial charge in [0.15, 0.2) is 0 Å².